The zero-order valence-electron chi connectivity index (χ0n) is 10.9. The lowest BCUT2D eigenvalue weighted by molar-refractivity contribution is 0.133. The summed E-state index contributed by atoms with van der Waals surface area (Å²) in [6.07, 6.45) is 0. The number of ether oxygens (including phenoxy) is 1. The van der Waals surface area contributed by atoms with Crippen LogP contribution in [0, 0.1) is 6.92 Å². The average molecular weight is 272 g/mol. The third-order valence-electron chi connectivity index (χ3n) is 2.38. The molecule has 0 fully saturated rings. The van der Waals surface area contributed by atoms with Crippen LogP contribution in [-0.2, 0) is 14.8 Å². The Morgan fingerprint density at radius 1 is 1.44 bits per heavy atom. The number of rotatable bonds is 6. The van der Waals surface area contributed by atoms with E-state index in [1.165, 1.54) is 6.07 Å². The molecule has 0 saturated heterocycles. The van der Waals surface area contributed by atoms with Gasteiger partial charge in [0.1, 0.15) is 4.90 Å². The molecule has 0 spiro atoms. The maximum Gasteiger partial charge on any atom is 0.242 e. The average Bonchev–Trinajstić information content (AvgIpc) is 2.25. The molecule has 0 aliphatic carbocycles. The second-order valence-electron chi connectivity index (χ2n) is 4.22. The van der Waals surface area contributed by atoms with Crippen molar-refractivity contribution in [2.45, 2.75) is 31.7 Å². The van der Waals surface area contributed by atoms with Crippen LogP contribution in [0.2, 0.25) is 0 Å². The van der Waals surface area contributed by atoms with Crippen LogP contribution in [0.25, 0.3) is 0 Å². The van der Waals surface area contributed by atoms with Crippen molar-refractivity contribution in [2.75, 3.05) is 18.9 Å². The van der Waals surface area contributed by atoms with Gasteiger partial charge in [-0.05, 0) is 38.5 Å². The molecule has 1 aromatic carbocycles. The molecule has 0 radical (unpaired) electrons. The quantitative estimate of drug-likeness (QED) is 0.764. The van der Waals surface area contributed by atoms with Gasteiger partial charge in [0, 0.05) is 12.6 Å². The number of hydrogen-bond donors (Lipinski definition) is 2. The lowest BCUT2D eigenvalue weighted by atomic mass is 10.2. The normalized spacial score (nSPS) is 13.5. The molecule has 1 rings (SSSR count). The Labute approximate surface area is 108 Å². The van der Waals surface area contributed by atoms with Gasteiger partial charge in [0.15, 0.2) is 0 Å². The fourth-order valence-corrected chi connectivity index (χ4v) is 2.91. The molecule has 0 heterocycles. The zero-order chi connectivity index (χ0) is 13.8. The largest absolute Gasteiger partial charge is 0.398 e. The molecule has 0 bridgehead atoms. The van der Waals surface area contributed by atoms with E-state index in [-0.39, 0.29) is 16.6 Å². The van der Waals surface area contributed by atoms with Crippen molar-refractivity contribution in [3.05, 3.63) is 23.8 Å². The highest BCUT2D eigenvalue weighted by Crippen LogP contribution is 2.19. The summed E-state index contributed by atoms with van der Waals surface area (Å²) in [4.78, 5) is 0.108. The topological polar surface area (TPSA) is 81.4 Å². The summed E-state index contributed by atoms with van der Waals surface area (Å²) in [6.45, 7) is 6.36. The fraction of sp³-hybridized carbons (Fsp3) is 0.500. The standard InChI is InChI=1S/C12H20N2O3S/c1-4-17-8-10(3)14-18(15,16)12-6-5-9(2)7-11(12)13/h5-7,10,14H,4,8,13H2,1-3H3. The molecule has 0 aromatic heterocycles. The Kier molecular flexibility index (Phi) is 5.13. The van der Waals surface area contributed by atoms with Gasteiger partial charge in [-0.2, -0.15) is 0 Å². The van der Waals surface area contributed by atoms with Crippen LogP contribution in [-0.4, -0.2) is 27.7 Å². The molecular weight excluding hydrogens is 252 g/mol. The summed E-state index contributed by atoms with van der Waals surface area (Å²) in [7, 11) is -3.59. The Hall–Kier alpha value is -1.11. The zero-order valence-corrected chi connectivity index (χ0v) is 11.8. The molecule has 3 N–H and O–H groups in total. The van der Waals surface area contributed by atoms with Gasteiger partial charge in [-0.25, -0.2) is 13.1 Å². The van der Waals surface area contributed by atoms with Crippen LogP contribution in [0.4, 0.5) is 5.69 Å². The van der Waals surface area contributed by atoms with Crippen molar-refractivity contribution in [1.29, 1.82) is 0 Å². The number of anilines is 1. The van der Waals surface area contributed by atoms with E-state index in [9.17, 15) is 8.42 Å². The first-order chi connectivity index (χ1) is 8.36. The van der Waals surface area contributed by atoms with E-state index < -0.39 is 10.0 Å². The van der Waals surface area contributed by atoms with Gasteiger partial charge in [0.25, 0.3) is 0 Å². The lowest BCUT2D eigenvalue weighted by Gasteiger charge is -2.15. The summed E-state index contributed by atoms with van der Waals surface area (Å²) in [6, 6.07) is 4.58. The summed E-state index contributed by atoms with van der Waals surface area (Å²) >= 11 is 0. The van der Waals surface area contributed by atoms with Gasteiger partial charge in [0.2, 0.25) is 10.0 Å². The van der Waals surface area contributed by atoms with E-state index in [1.807, 2.05) is 13.8 Å². The molecule has 5 nitrogen and oxygen atoms in total. The van der Waals surface area contributed by atoms with Crippen molar-refractivity contribution in [3.8, 4) is 0 Å². The smallest absolute Gasteiger partial charge is 0.242 e. The third-order valence-corrected chi connectivity index (χ3v) is 4.05. The van der Waals surface area contributed by atoms with E-state index in [0.29, 0.717) is 13.2 Å². The number of benzene rings is 1. The van der Waals surface area contributed by atoms with E-state index in [4.69, 9.17) is 10.5 Å². The Morgan fingerprint density at radius 3 is 2.67 bits per heavy atom. The fourth-order valence-electron chi connectivity index (χ4n) is 1.57. The summed E-state index contributed by atoms with van der Waals surface area (Å²) in [5.74, 6) is 0. The number of nitrogen functional groups attached to an aromatic ring is 1. The van der Waals surface area contributed by atoms with Gasteiger partial charge in [-0.15, -0.1) is 0 Å². The van der Waals surface area contributed by atoms with Crippen LogP contribution >= 0.6 is 0 Å². The molecule has 0 aliphatic heterocycles. The Balaban J connectivity index is 2.86. The highest BCUT2D eigenvalue weighted by atomic mass is 32.2. The van der Waals surface area contributed by atoms with Crippen LogP contribution in [0.5, 0.6) is 0 Å². The second-order valence-corrected chi connectivity index (χ2v) is 5.91. The maximum absolute atomic E-state index is 12.1. The summed E-state index contributed by atoms with van der Waals surface area (Å²) < 4.78 is 31.9. The molecule has 6 heteroatoms. The Bertz CT molecular complexity index is 500. The predicted octanol–water partition coefficient (Wildman–Crippen LogP) is 1.28. The first-order valence-corrected chi connectivity index (χ1v) is 7.31. The first kappa shape index (κ1) is 14.9. The lowest BCUT2D eigenvalue weighted by Crippen LogP contribution is -2.36. The van der Waals surface area contributed by atoms with Gasteiger partial charge in [0.05, 0.1) is 12.3 Å². The Morgan fingerprint density at radius 2 is 2.11 bits per heavy atom. The van der Waals surface area contributed by atoms with Crippen LogP contribution in [0.1, 0.15) is 19.4 Å². The monoisotopic (exact) mass is 272 g/mol. The maximum atomic E-state index is 12.1. The van der Waals surface area contributed by atoms with Crippen molar-refractivity contribution in [3.63, 3.8) is 0 Å². The van der Waals surface area contributed by atoms with Gasteiger partial charge in [-0.3, -0.25) is 0 Å². The minimum Gasteiger partial charge on any atom is -0.398 e. The van der Waals surface area contributed by atoms with Crippen LogP contribution < -0.4 is 10.5 Å². The van der Waals surface area contributed by atoms with Crippen molar-refractivity contribution >= 4 is 15.7 Å². The van der Waals surface area contributed by atoms with E-state index in [2.05, 4.69) is 4.72 Å². The number of hydrogen-bond acceptors (Lipinski definition) is 4. The molecule has 0 aliphatic rings. The first-order valence-electron chi connectivity index (χ1n) is 5.83. The molecule has 18 heavy (non-hydrogen) atoms. The molecule has 1 aromatic rings. The SMILES string of the molecule is CCOCC(C)NS(=O)(=O)c1ccc(C)cc1N. The van der Waals surface area contributed by atoms with Gasteiger partial charge >= 0.3 is 0 Å². The van der Waals surface area contributed by atoms with E-state index >= 15 is 0 Å². The highest BCUT2D eigenvalue weighted by molar-refractivity contribution is 7.89. The number of aryl methyl sites for hydroxylation is 1. The van der Waals surface area contributed by atoms with Gasteiger partial charge in [-0.1, -0.05) is 6.07 Å². The van der Waals surface area contributed by atoms with E-state index in [1.54, 1.807) is 19.1 Å². The predicted molar refractivity (Wildman–Crippen MR) is 71.9 cm³/mol. The van der Waals surface area contributed by atoms with Crippen molar-refractivity contribution < 1.29 is 13.2 Å². The molecule has 1 atom stereocenters. The third kappa shape index (κ3) is 3.97. The second kappa shape index (κ2) is 6.17. The number of sulfonamides is 1. The van der Waals surface area contributed by atoms with Crippen molar-refractivity contribution in [2.24, 2.45) is 0 Å². The molecule has 1 unspecified atom stereocenters. The minimum absolute atomic E-state index is 0.108. The molecule has 0 amide bonds. The van der Waals surface area contributed by atoms with Gasteiger partial charge < -0.3 is 10.5 Å². The highest BCUT2D eigenvalue weighted by Gasteiger charge is 2.19. The molecule has 102 valence electrons. The number of nitrogens with two attached hydrogens (primary N) is 1. The molecule has 0 saturated carbocycles. The molecular formula is C12H20N2O3S. The summed E-state index contributed by atoms with van der Waals surface area (Å²) in [5.41, 5.74) is 6.91. The van der Waals surface area contributed by atoms with Crippen molar-refractivity contribution in [1.82, 2.24) is 4.72 Å². The van der Waals surface area contributed by atoms with Crippen LogP contribution in [0.15, 0.2) is 23.1 Å². The summed E-state index contributed by atoms with van der Waals surface area (Å²) in [5, 5.41) is 0. The minimum atomic E-state index is -3.59. The van der Waals surface area contributed by atoms with Crippen LogP contribution in [0.3, 0.4) is 0 Å². The van der Waals surface area contributed by atoms with E-state index in [0.717, 1.165) is 5.56 Å². The number of nitrogens with one attached hydrogen (secondary N) is 1.